The highest BCUT2D eigenvalue weighted by Gasteiger charge is 2.25. The second-order valence-corrected chi connectivity index (χ2v) is 9.03. The average Bonchev–Trinajstić information content (AvgIpc) is 2.83. The number of aliphatic hydroxyl groups excluding tert-OH is 1. The van der Waals surface area contributed by atoms with Gasteiger partial charge in [0, 0.05) is 53.8 Å². The summed E-state index contributed by atoms with van der Waals surface area (Å²) >= 11 is 0. The smallest absolute Gasteiger partial charge is 0.138 e. The van der Waals surface area contributed by atoms with E-state index < -0.39 is 11.6 Å². The van der Waals surface area contributed by atoms with Crippen LogP contribution in [-0.4, -0.2) is 46.9 Å². The van der Waals surface area contributed by atoms with E-state index in [1.54, 1.807) is 38.2 Å². The van der Waals surface area contributed by atoms with Crippen LogP contribution in [0.15, 0.2) is 48.7 Å². The topological polar surface area (TPSA) is 118 Å². The molecule has 1 saturated heterocycles. The third-order valence-corrected chi connectivity index (χ3v) is 5.67. The molecular weight excluding hydrogens is 430 g/mol. The Morgan fingerprint density at radius 2 is 1.94 bits per heavy atom. The number of nitrogens with two attached hydrogens (primary N) is 1. The maximum atomic E-state index is 10.5. The highest BCUT2D eigenvalue weighted by Crippen LogP contribution is 2.35. The number of nitrogens with zero attached hydrogens (tertiary/aromatic N) is 4. The first kappa shape index (κ1) is 23.6. The summed E-state index contributed by atoms with van der Waals surface area (Å²) in [7, 11) is 0. The molecule has 1 atom stereocenters. The molecule has 3 heterocycles. The minimum Gasteiger partial charge on any atom is -0.456 e. The second kappa shape index (κ2) is 9.77. The number of hydrogen-bond donors (Lipinski definition) is 2. The monoisotopic (exact) mass is 459 g/mol. The van der Waals surface area contributed by atoms with E-state index in [0.717, 1.165) is 30.2 Å². The van der Waals surface area contributed by atoms with Crippen molar-refractivity contribution in [3.8, 4) is 28.8 Å². The summed E-state index contributed by atoms with van der Waals surface area (Å²) in [6.45, 7) is 8.32. The third-order valence-electron chi connectivity index (χ3n) is 5.67. The van der Waals surface area contributed by atoms with Crippen LogP contribution in [0.5, 0.6) is 11.5 Å². The molecule has 176 valence electrons. The SMILES string of the molecule is Cc1cc(Oc2cc(C#N)ccc2-c2ccc(C(O)C(C)(C)N)cn2)cc(N2CCOCC2)n1. The Labute approximate surface area is 199 Å². The van der Waals surface area contributed by atoms with Crippen molar-refractivity contribution < 1.29 is 14.6 Å². The zero-order chi connectivity index (χ0) is 24.3. The Balaban J connectivity index is 1.67. The summed E-state index contributed by atoms with van der Waals surface area (Å²) in [4.78, 5) is 11.4. The molecule has 4 rings (SSSR count). The number of benzene rings is 1. The molecule has 34 heavy (non-hydrogen) atoms. The standard InChI is InChI=1S/C26H29N5O3/c1-17-12-20(14-24(30-17)31-8-10-33-11-9-31)34-23-13-18(15-27)4-6-21(23)22-7-5-19(16-29-22)25(32)26(2,3)28/h4-7,12-14,16,25,32H,8-11,28H2,1-3H3. The summed E-state index contributed by atoms with van der Waals surface area (Å²) in [5, 5.41) is 19.9. The minimum absolute atomic E-state index is 0.481. The fourth-order valence-electron chi connectivity index (χ4n) is 3.80. The normalized spacial score (nSPS) is 15.0. The van der Waals surface area contributed by atoms with Gasteiger partial charge in [-0.15, -0.1) is 0 Å². The lowest BCUT2D eigenvalue weighted by Gasteiger charge is -2.28. The van der Waals surface area contributed by atoms with E-state index in [1.165, 1.54) is 0 Å². The molecule has 1 aromatic carbocycles. The molecule has 0 spiro atoms. The van der Waals surface area contributed by atoms with Crippen LogP contribution in [0.3, 0.4) is 0 Å². The Kier molecular flexibility index (Phi) is 6.80. The van der Waals surface area contributed by atoms with E-state index in [2.05, 4.69) is 20.9 Å². The number of hydrogen-bond acceptors (Lipinski definition) is 8. The van der Waals surface area contributed by atoms with E-state index in [0.29, 0.717) is 41.5 Å². The van der Waals surface area contributed by atoms with Crippen molar-refractivity contribution in [3.63, 3.8) is 0 Å². The molecule has 0 aliphatic carbocycles. The van der Waals surface area contributed by atoms with Gasteiger partial charge in [-0.2, -0.15) is 5.26 Å². The van der Waals surface area contributed by atoms with Gasteiger partial charge in [0.2, 0.25) is 0 Å². The Hall–Kier alpha value is -3.51. The number of pyridine rings is 2. The van der Waals surface area contributed by atoms with Gasteiger partial charge in [-0.05, 0) is 45.0 Å². The van der Waals surface area contributed by atoms with Crippen LogP contribution >= 0.6 is 0 Å². The highest BCUT2D eigenvalue weighted by molar-refractivity contribution is 5.69. The van der Waals surface area contributed by atoms with Crippen LogP contribution in [0.2, 0.25) is 0 Å². The van der Waals surface area contributed by atoms with Crippen molar-refractivity contribution in [3.05, 3.63) is 65.5 Å². The molecule has 1 aliphatic heterocycles. The van der Waals surface area contributed by atoms with Crippen molar-refractivity contribution in [2.75, 3.05) is 31.2 Å². The van der Waals surface area contributed by atoms with E-state index in [1.807, 2.05) is 31.2 Å². The fraction of sp³-hybridized carbons (Fsp3) is 0.346. The molecule has 1 fully saturated rings. The Morgan fingerprint density at radius 3 is 2.59 bits per heavy atom. The van der Waals surface area contributed by atoms with Gasteiger partial charge in [0.25, 0.3) is 0 Å². The van der Waals surface area contributed by atoms with Gasteiger partial charge in [0.15, 0.2) is 0 Å². The average molecular weight is 460 g/mol. The van der Waals surface area contributed by atoms with E-state index >= 15 is 0 Å². The molecule has 2 aromatic heterocycles. The molecule has 3 N–H and O–H groups in total. The van der Waals surface area contributed by atoms with E-state index in [4.69, 9.17) is 15.2 Å². The van der Waals surface area contributed by atoms with Crippen molar-refractivity contribution in [1.29, 1.82) is 5.26 Å². The van der Waals surface area contributed by atoms with Crippen LogP contribution in [-0.2, 0) is 4.74 Å². The first-order valence-electron chi connectivity index (χ1n) is 11.2. The summed E-state index contributed by atoms with van der Waals surface area (Å²) in [5.41, 5.74) is 8.58. The zero-order valence-corrected chi connectivity index (χ0v) is 19.7. The van der Waals surface area contributed by atoms with Crippen LogP contribution in [0.4, 0.5) is 5.82 Å². The molecule has 0 amide bonds. The first-order chi connectivity index (χ1) is 16.2. The zero-order valence-electron chi connectivity index (χ0n) is 19.7. The Bertz CT molecular complexity index is 1190. The van der Waals surface area contributed by atoms with Gasteiger partial charge in [-0.25, -0.2) is 4.98 Å². The number of aryl methyl sites for hydroxylation is 1. The van der Waals surface area contributed by atoms with Crippen LogP contribution in [0.25, 0.3) is 11.3 Å². The Morgan fingerprint density at radius 1 is 1.18 bits per heavy atom. The molecule has 0 saturated carbocycles. The molecule has 1 aliphatic rings. The molecule has 3 aromatic rings. The summed E-state index contributed by atoms with van der Waals surface area (Å²) in [6, 6.07) is 14.8. The minimum atomic E-state index is -0.843. The number of rotatable bonds is 6. The van der Waals surface area contributed by atoms with Gasteiger partial charge in [-0.1, -0.05) is 6.07 Å². The number of morpholine rings is 1. The highest BCUT2D eigenvalue weighted by atomic mass is 16.5. The number of ether oxygens (including phenoxy) is 2. The molecule has 8 heteroatoms. The maximum absolute atomic E-state index is 10.5. The number of aromatic nitrogens is 2. The number of aliphatic hydroxyl groups is 1. The number of nitriles is 1. The summed E-state index contributed by atoms with van der Waals surface area (Å²) < 4.78 is 11.7. The molecule has 0 bridgehead atoms. The van der Waals surface area contributed by atoms with Crippen LogP contribution in [0, 0.1) is 18.3 Å². The molecule has 8 nitrogen and oxygen atoms in total. The summed E-state index contributed by atoms with van der Waals surface area (Å²) in [5.74, 6) is 1.97. The largest absolute Gasteiger partial charge is 0.456 e. The molecule has 0 radical (unpaired) electrons. The maximum Gasteiger partial charge on any atom is 0.138 e. The fourth-order valence-corrected chi connectivity index (χ4v) is 3.80. The first-order valence-corrected chi connectivity index (χ1v) is 11.2. The van der Waals surface area contributed by atoms with Gasteiger partial charge < -0.3 is 25.2 Å². The predicted octanol–water partition coefficient (Wildman–Crippen LogP) is 3.72. The van der Waals surface area contributed by atoms with Crippen LogP contribution in [0.1, 0.15) is 36.8 Å². The van der Waals surface area contributed by atoms with Crippen LogP contribution < -0.4 is 15.4 Å². The summed E-state index contributed by atoms with van der Waals surface area (Å²) in [6.07, 6.45) is 0.771. The van der Waals surface area contributed by atoms with Crippen molar-refractivity contribution in [2.24, 2.45) is 5.73 Å². The van der Waals surface area contributed by atoms with E-state index in [-0.39, 0.29) is 0 Å². The van der Waals surface area contributed by atoms with Crippen molar-refractivity contribution in [2.45, 2.75) is 32.4 Å². The second-order valence-electron chi connectivity index (χ2n) is 9.03. The molecular formula is C26H29N5O3. The van der Waals surface area contributed by atoms with Gasteiger partial charge in [0.05, 0.1) is 36.6 Å². The molecule has 1 unspecified atom stereocenters. The lowest BCUT2D eigenvalue weighted by Crippen LogP contribution is -2.39. The quantitative estimate of drug-likeness (QED) is 0.573. The predicted molar refractivity (Wildman–Crippen MR) is 130 cm³/mol. The number of anilines is 1. The van der Waals surface area contributed by atoms with Crippen molar-refractivity contribution in [1.82, 2.24) is 9.97 Å². The lowest BCUT2D eigenvalue weighted by molar-refractivity contribution is 0.104. The van der Waals surface area contributed by atoms with E-state index in [9.17, 15) is 10.4 Å². The van der Waals surface area contributed by atoms with Gasteiger partial charge >= 0.3 is 0 Å². The van der Waals surface area contributed by atoms with Crippen molar-refractivity contribution >= 4 is 5.82 Å². The van der Waals surface area contributed by atoms with Gasteiger partial charge in [0.1, 0.15) is 17.3 Å². The third kappa shape index (κ3) is 5.34. The van der Waals surface area contributed by atoms with Gasteiger partial charge in [-0.3, -0.25) is 4.98 Å². The lowest BCUT2D eigenvalue weighted by atomic mass is 9.93.